The lowest BCUT2D eigenvalue weighted by atomic mass is 9.89. The molecule has 2 aromatic rings. The third kappa shape index (κ3) is 6.26. The van der Waals surface area contributed by atoms with Gasteiger partial charge in [-0.1, -0.05) is 24.3 Å². The number of anilines is 1. The van der Waals surface area contributed by atoms with Gasteiger partial charge in [-0.2, -0.15) is 0 Å². The Morgan fingerprint density at radius 2 is 1.77 bits per heavy atom. The summed E-state index contributed by atoms with van der Waals surface area (Å²) in [6, 6.07) is 13.4. The molecule has 0 radical (unpaired) electrons. The minimum absolute atomic E-state index is 0.00938. The first-order valence-corrected chi connectivity index (χ1v) is 10.3. The van der Waals surface area contributed by atoms with Crippen LogP contribution in [0, 0.1) is 11.7 Å². The summed E-state index contributed by atoms with van der Waals surface area (Å²) in [6.07, 6.45) is 5.33. The number of hydrogen-bond donors (Lipinski definition) is 1. The molecule has 0 aliphatic carbocycles. The summed E-state index contributed by atoms with van der Waals surface area (Å²) in [7, 11) is 0. The van der Waals surface area contributed by atoms with Gasteiger partial charge in [0.2, 0.25) is 0 Å². The largest absolute Gasteiger partial charge is 0.450 e. The molecule has 1 heterocycles. The molecule has 0 atom stereocenters. The van der Waals surface area contributed by atoms with Crippen molar-refractivity contribution in [1.29, 1.82) is 0 Å². The van der Waals surface area contributed by atoms with Crippen molar-refractivity contribution in [1.82, 2.24) is 4.90 Å². The van der Waals surface area contributed by atoms with Crippen LogP contribution in [0.3, 0.4) is 0 Å². The van der Waals surface area contributed by atoms with E-state index < -0.39 is 6.09 Å². The number of halogens is 1. The first kappa shape index (κ1) is 21.7. The van der Waals surface area contributed by atoms with Gasteiger partial charge in [-0.15, -0.1) is 0 Å². The number of likely N-dealkylation sites (tertiary alicyclic amines) is 1. The maximum absolute atomic E-state index is 13.0. The summed E-state index contributed by atoms with van der Waals surface area (Å²) in [5, 5.41) is 2.67. The second-order valence-electron chi connectivity index (χ2n) is 7.32. The maximum atomic E-state index is 13.0. The Morgan fingerprint density at radius 3 is 2.40 bits per heavy atom. The highest BCUT2D eigenvalue weighted by atomic mass is 19.1. The predicted molar refractivity (Wildman–Crippen MR) is 116 cm³/mol. The summed E-state index contributed by atoms with van der Waals surface area (Å²) < 4.78 is 17.9. The smallest absolute Gasteiger partial charge is 0.411 e. The first-order chi connectivity index (χ1) is 14.5. The van der Waals surface area contributed by atoms with Crippen LogP contribution in [0.15, 0.2) is 54.6 Å². The standard InChI is InChI=1S/C24H27FN2O3/c1-2-30-24(29)26-22-11-5-18(6-12-22)4-3-15-27-16-13-20(14-17-27)23(28)19-7-9-21(25)10-8-19/h3-12,20H,2,13-17H2,1H3,(H,26,29)/b4-3+. The molecule has 0 aromatic heterocycles. The van der Waals surface area contributed by atoms with Crippen LogP contribution in [-0.2, 0) is 4.74 Å². The Balaban J connectivity index is 1.43. The molecule has 0 unspecified atom stereocenters. The fourth-order valence-corrected chi connectivity index (χ4v) is 3.53. The number of nitrogens with zero attached hydrogens (tertiary/aromatic N) is 1. The molecular weight excluding hydrogens is 383 g/mol. The van der Waals surface area contributed by atoms with E-state index in [0.717, 1.165) is 38.0 Å². The normalized spacial score (nSPS) is 15.3. The van der Waals surface area contributed by atoms with Crippen molar-refractivity contribution in [2.24, 2.45) is 5.92 Å². The fraction of sp³-hybridized carbons (Fsp3) is 0.333. The molecule has 1 saturated heterocycles. The zero-order valence-corrected chi connectivity index (χ0v) is 17.1. The molecule has 158 valence electrons. The average Bonchev–Trinajstić information content (AvgIpc) is 2.76. The Kier molecular flexibility index (Phi) is 7.74. The van der Waals surface area contributed by atoms with Gasteiger partial charge in [0, 0.05) is 23.7 Å². The molecule has 0 spiro atoms. The van der Waals surface area contributed by atoms with Gasteiger partial charge in [-0.05, 0) is 74.8 Å². The first-order valence-electron chi connectivity index (χ1n) is 10.3. The van der Waals surface area contributed by atoms with Gasteiger partial charge in [0.1, 0.15) is 5.82 Å². The number of rotatable bonds is 7. The van der Waals surface area contributed by atoms with Gasteiger partial charge in [0.05, 0.1) is 6.61 Å². The van der Waals surface area contributed by atoms with Crippen LogP contribution < -0.4 is 5.32 Å². The Hall–Kier alpha value is -2.99. The monoisotopic (exact) mass is 410 g/mol. The number of amides is 1. The Labute approximate surface area is 176 Å². The van der Waals surface area contributed by atoms with Crippen LogP contribution in [0.5, 0.6) is 0 Å². The number of Topliss-reactive ketones (excluding diaryl/α,β-unsaturated/α-hetero) is 1. The molecule has 3 rings (SSSR count). The van der Waals surface area contributed by atoms with E-state index in [2.05, 4.69) is 16.3 Å². The SMILES string of the molecule is CCOC(=O)Nc1ccc(/C=C/CN2CCC(C(=O)c3ccc(F)cc3)CC2)cc1. The number of carbonyl (C=O) groups is 2. The van der Waals surface area contributed by atoms with Crippen molar-refractivity contribution in [3.8, 4) is 0 Å². The molecule has 6 heteroatoms. The summed E-state index contributed by atoms with van der Waals surface area (Å²) in [5.74, 6) is -0.199. The van der Waals surface area contributed by atoms with Crippen LogP contribution >= 0.6 is 0 Å². The lowest BCUT2D eigenvalue weighted by molar-refractivity contribution is 0.0848. The molecule has 1 amide bonds. The third-order valence-corrected chi connectivity index (χ3v) is 5.19. The highest BCUT2D eigenvalue weighted by molar-refractivity contribution is 5.97. The molecule has 1 aliphatic rings. The Bertz CT molecular complexity index is 870. The van der Waals surface area contributed by atoms with Crippen LogP contribution in [0.25, 0.3) is 6.08 Å². The van der Waals surface area contributed by atoms with Crippen molar-refractivity contribution in [3.05, 3.63) is 71.6 Å². The quantitative estimate of drug-likeness (QED) is 0.653. The van der Waals surface area contributed by atoms with Crippen LogP contribution in [0.4, 0.5) is 14.9 Å². The van der Waals surface area contributed by atoms with E-state index in [4.69, 9.17) is 4.74 Å². The summed E-state index contributed by atoms with van der Waals surface area (Å²) in [5.41, 5.74) is 2.33. The van der Waals surface area contributed by atoms with E-state index in [1.165, 1.54) is 12.1 Å². The highest BCUT2D eigenvalue weighted by Crippen LogP contribution is 2.22. The number of ketones is 1. The molecule has 0 bridgehead atoms. The van der Waals surface area contributed by atoms with Crippen molar-refractivity contribution < 1.29 is 18.7 Å². The van der Waals surface area contributed by atoms with Crippen LogP contribution in [0.1, 0.15) is 35.7 Å². The number of carbonyl (C=O) groups excluding carboxylic acids is 2. The van der Waals surface area contributed by atoms with E-state index in [0.29, 0.717) is 17.9 Å². The van der Waals surface area contributed by atoms with Gasteiger partial charge in [0.25, 0.3) is 0 Å². The summed E-state index contributed by atoms with van der Waals surface area (Å²) >= 11 is 0. The van der Waals surface area contributed by atoms with Gasteiger partial charge >= 0.3 is 6.09 Å². The lowest BCUT2D eigenvalue weighted by Crippen LogP contribution is -2.36. The second-order valence-corrected chi connectivity index (χ2v) is 7.32. The van der Waals surface area contributed by atoms with Gasteiger partial charge < -0.3 is 4.74 Å². The highest BCUT2D eigenvalue weighted by Gasteiger charge is 2.25. The van der Waals surface area contributed by atoms with Gasteiger partial charge in [0.15, 0.2) is 5.78 Å². The van der Waals surface area contributed by atoms with E-state index in [-0.39, 0.29) is 17.5 Å². The van der Waals surface area contributed by atoms with Crippen LogP contribution in [0.2, 0.25) is 0 Å². The summed E-state index contributed by atoms with van der Waals surface area (Å²) in [6.45, 7) is 4.65. The molecule has 30 heavy (non-hydrogen) atoms. The van der Waals surface area contributed by atoms with E-state index in [1.807, 2.05) is 30.3 Å². The molecule has 2 aromatic carbocycles. The topological polar surface area (TPSA) is 58.6 Å². The fourth-order valence-electron chi connectivity index (χ4n) is 3.53. The zero-order chi connectivity index (χ0) is 21.3. The van der Waals surface area contributed by atoms with Crippen molar-refractivity contribution >= 4 is 23.6 Å². The number of nitrogens with one attached hydrogen (secondary N) is 1. The van der Waals surface area contributed by atoms with E-state index in [1.54, 1.807) is 19.1 Å². The number of ether oxygens (including phenoxy) is 1. The minimum Gasteiger partial charge on any atom is -0.450 e. The molecule has 5 nitrogen and oxygen atoms in total. The van der Waals surface area contributed by atoms with E-state index >= 15 is 0 Å². The van der Waals surface area contributed by atoms with Gasteiger partial charge in [-0.3, -0.25) is 15.0 Å². The maximum Gasteiger partial charge on any atom is 0.411 e. The number of benzene rings is 2. The van der Waals surface area contributed by atoms with Crippen molar-refractivity contribution in [2.75, 3.05) is 31.6 Å². The Morgan fingerprint density at radius 1 is 1.10 bits per heavy atom. The van der Waals surface area contributed by atoms with Crippen molar-refractivity contribution in [3.63, 3.8) is 0 Å². The number of piperidine rings is 1. The molecule has 1 aliphatic heterocycles. The average molecular weight is 410 g/mol. The molecule has 1 fully saturated rings. The molecule has 0 saturated carbocycles. The second kappa shape index (κ2) is 10.7. The molecule has 1 N–H and O–H groups in total. The zero-order valence-electron chi connectivity index (χ0n) is 17.1. The predicted octanol–water partition coefficient (Wildman–Crippen LogP) is 5.00. The minimum atomic E-state index is -0.456. The summed E-state index contributed by atoms with van der Waals surface area (Å²) in [4.78, 5) is 26.3. The lowest BCUT2D eigenvalue weighted by Gasteiger charge is -2.30. The van der Waals surface area contributed by atoms with Gasteiger partial charge in [-0.25, -0.2) is 9.18 Å². The third-order valence-electron chi connectivity index (χ3n) is 5.19. The van der Waals surface area contributed by atoms with Crippen molar-refractivity contribution in [2.45, 2.75) is 19.8 Å². The molecular formula is C24H27FN2O3. The number of hydrogen-bond acceptors (Lipinski definition) is 4. The van der Waals surface area contributed by atoms with Crippen LogP contribution in [-0.4, -0.2) is 43.0 Å². The van der Waals surface area contributed by atoms with E-state index in [9.17, 15) is 14.0 Å².